The molecule has 1 aromatic heterocycles. The smallest absolute Gasteiger partial charge is 0.316 e. The Bertz CT molecular complexity index is 632. The van der Waals surface area contributed by atoms with Gasteiger partial charge in [0.25, 0.3) is 0 Å². The second-order valence-electron chi connectivity index (χ2n) is 5.34. The van der Waals surface area contributed by atoms with Crippen LogP contribution in [0.25, 0.3) is 0 Å². The van der Waals surface area contributed by atoms with Gasteiger partial charge in [-0.3, -0.25) is 4.79 Å². The van der Waals surface area contributed by atoms with E-state index in [1.54, 1.807) is 0 Å². The molecule has 1 aliphatic rings. The van der Waals surface area contributed by atoms with Gasteiger partial charge >= 0.3 is 5.97 Å². The third-order valence-corrected chi connectivity index (χ3v) is 3.50. The van der Waals surface area contributed by atoms with Crippen molar-refractivity contribution in [3.05, 3.63) is 47.2 Å². The van der Waals surface area contributed by atoms with Crippen LogP contribution in [0.15, 0.2) is 28.7 Å². The highest BCUT2D eigenvalue weighted by Crippen LogP contribution is 2.39. The van der Waals surface area contributed by atoms with Gasteiger partial charge in [0.05, 0.1) is 0 Å². The van der Waals surface area contributed by atoms with Crippen LogP contribution in [0.2, 0.25) is 0 Å². The molecule has 1 atom stereocenters. The van der Waals surface area contributed by atoms with Gasteiger partial charge in [-0.25, -0.2) is 0 Å². The first-order chi connectivity index (χ1) is 9.63. The van der Waals surface area contributed by atoms with E-state index >= 15 is 0 Å². The summed E-state index contributed by atoms with van der Waals surface area (Å²) < 4.78 is 5.53. The van der Waals surface area contributed by atoms with Crippen LogP contribution >= 0.6 is 0 Å². The number of aromatic nitrogens is 2. The monoisotopic (exact) mass is 272 g/mol. The second kappa shape index (κ2) is 5.07. The number of aryl methyl sites for hydroxylation is 1. The molecule has 1 unspecified atom stereocenters. The Kier molecular flexibility index (Phi) is 3.26. The Morgan fingerprint density at radius 3 is 2.90 bits per heavy atom. The Hall–Kier alpha value is -2.17. The zero-order chi connectivity index (χ0) is 14.1. The molecule has 0 saturated heterocycles. The third kappa shape index (κ3) is 2.71. The molecular formula is C15H16N2O3. The fourth-order valence-electron chi connectivity index (χ4n) is 2.24. The number of carboxylic acids is 1. The molecule has 1 heterocycles. The minimum Gasteiger partial charge on any atom is -0.481 e. The predicted octanol–water partition coefficient (Wildman–Crippen LogP) is 2.67. The lowest BCUT2D eigenvalue weighted by Crippen LogP contribution is -2.15. The first-order valence-corrected chi connectivity index (χ1v) is 6.75. The van der Waals surface area contributed by atoms with E-state index in [9.17, 15) is 9.90 Å². The maximum absolute atomic E-state index is 11.5. The fraction of sp³-hybridized carbons (Fsp3) is 0.400. The van der Waals surface area contributed by atoms with Gasteiger partial charge < -0.3 is 9.52 Å². The van der Waals surface area contributed by atoms with E-state index < -0.39 is 11.9 Å². The topological polar surface area (TPSA) is 76.2 Å². The van der Waals surface area contributed by atoms with Gasteiger partial charge in [-0.15, -0.1) is 10.2 Å². The molecule has 1 fully saturated rings. The van der Waals surface area contributed by atoms with Crippen molar-refractivity contribution in [1.29, 1.82) is 0 Å². The van der Waals surface area contributed by atoms with Crippen LogP contribution in [-0.4, -0.2) is 21.3 Å². The zero-order valence-corrected chi connectivity index (χ0v) is 11.2. The molecule has 3 rings (SSSR count). The lowest BCUT2D eigenvalue weighted by molar-refractivity contribution is -0.139. The Morgan fingerprint density at radius 1 is 1.45 bits per heavy atom. The summed E-state index contributed by atoms with van der Waals surface area (Å²) in [5.74, 6) is -0.588. The van der Waals surface area contributed by atoms with E-state index in [0.29, 0.717) is 18.2 Å². The highest BCUT2D eigenvalue weighted by molar-refractivity contribution is 5.75. The lowest BCUT2D eigenvalue weighted by atomic mass is 9.98. The van der Waals surface area contributed by atoms with Crippen LogP contribution in [0, 0.1) is 6.92 Å². The molecule has 0 radical (unpaired) electrons. The minimum atomic E-state index is -0.933. The molecule has 1 saturated carbocycles. The van der Waals surface area contributed by atoms with Crippen LogP contribution in [0.4, 0.5) is 0 Å². The minimum absolute atomic E-state index is 0.209. The van der Waals surface area contributed by atoms with Crippen LogP contribution in [0.3, 0.4) is 0 Å². The van der Waals surface area contributed by atoms with Gasteiger partial charge in [-0.05, 0) is 31.7 Å². The molecular weight excluding hydrogens is 256 g/mol. The summed E-state index contributed by atoms with van der Waals surface area (Å²) >= 11 is 0. The Morgan fingerprint density at radius 2 is 2.25 bits per heavy atom. The average molecular weight is 272 g/mol. The van der Waals surface area contributed by atoms with Crippen LogP contribution in [0.1, 0.15) is 47.6 Å². The number of hydrogen-bond acceptors (Lipinski definition) is 4. The highest BCUT2D eigenvalue weighted by Gasteiger charge is 2.32. The molecule has 2 aromatic rings. The van der Waals surface area contributed by atoms with Gasteiger partial charge in [0.15, 0.2) is 0 Å². The van der Waals surface area contributed by atoms with E-state index in [0.717, 1.165) is 24.0 Å². The fourth-order valence-corrected chi connectivity index (χ4v) is 2.24. The van der Waals surface area contributed by atoms with E-state index in [1.165, 1.54) is 0 Å². The quantitative estimate of drug-likeness (QED) is 0.905. The van der Waals surface area contributed by atoms with Gasteiger partial charge in [0, 0.05) is 5.92 Å². The van der Waals surface area contributed by atoms with E-state index in [4.69, 9.17) is 4.42 Å². The van der Waals surface area contributed by atoms with Gasteiger partial charge in [0.1, 0.15) is 5.92 Å². The number of aliphatic carboxylic acids is 1. The van der Waals surface area contributed by atoms with Crippen LogP contribution in [-0.2, 0) is 11.2 Å². The van der Waals surface area contributed by atoms with E-state index in [1.807, 2.05) is 31.2 Å². The summed E-state index contributed by atoms with van der Waals surface area (Å²) in [6.45, 7) is 1.98. The lowest BCUT2D eigenvalue weighted by Gasteiger charge is -2.08. The standard InChI is InChI=1S/C15H16N2O3/c1-9-3-2-4-10(7-9)8-12(15(18)19)14-17-16-13(20-14)11-5-6-11/h2-4,7,11-12H,5-6,8H2,1H3,(H,18,19). The number of hydrogen-bond donors (Lipinski definition) is 1. The largest absolute Gasteiger partial charge is 0.481 e. The number of nitrogens with zero attached hydrogens (tertiary/aromatic N) is 2. The molecule has 0 amide bonds. The molecule has 1 aliphatic carbocycles. The van der Waals surface area contributed by atoms with Gasteiger partial charge in [-0.1, -0.05) is 29.8 Å². The summed E-state index contributed by atoms with van der Waals surface area (Å²) in [4.78, 5) is 11.5. The van der Waals surface area contributed by atoms with Gasteiger partial charge in [0.2, 0.25) is 11.8 Å². The maximum Gasteiger partial charge on any atom is 0.316 e. The molecule has 0 spiro atoms. The Labute approximate surface area is 116 Å². The summed E-state index contributed by atoms with van der Waals surface area (Å²) in [6.07, 6.45) is 2.47. The molecule has 104 valence electrons. The van der Waals surface area contributed by atoms with Crippen LogP contribution < -0.4 is 0 Å². The summed E-state index contributed by atoms with van der Waals surface area (Å²) in [5.41, 5.74) is 2.07. The maximum atomic E-state index is 11.5. The van der Waals surface area contributed by atoms with Crippen molar-refractivity contribution in [2.45, 2.75) is 38.0 Å². The Balaban J connectivity index is 1.82. The first-order valence-electron chi connectivity index (χ1n) is 6.75. The SMILES string of the molecule is Cc1cccc(CC(C(=O)O)c2nnc(C3CC3)o2)c1. The van der Waals surface area contributed by atoms with Gasteiger partial charge in [-0.2, -0.15) is 0 Å². The summed E-state index contributed by atoms with van der Waals surface area (Å²) in [6, 6.07) is 7.80. The number of carbonyl (C=O) groups is 1. The number of carboxylic acid groups (broad SMARTS) is 1. The third-order valence-electron chi connectivity index (χ3n) is 3.50. The molecule has 0 bridgehead atoms. The normalized spacial score (nSPS) is 16.1. The summed E-state index contributed by atoms with van der Waals surface area (Å²) in [7, 11) is 0. The van der Waals surface area contributed by atoms with E-state index in [2.05, 4.69) is 10.2 Å². The molecule has 5 nitrogen and oxygen atoms in total. The van der Waals surface area contributed by atoms with Crippen molar-refractivity contribution in [2.75, 3.05) is 0 Å². The van der Waals surface area contributed by atoms with Crippen molar-refractivity contribution in [3.8, 4) is 0 Å². The second-order valence-corrected chi connectivity index (χ2v) is 5.34. The molecule has 0 aliphatic heterocycles. The molecule has 5 heteroatoms. The number of rotatable bonds is 5. The van der Waals surface area contributed by atoms with Crippen molar-refractivity contribution >= 4 is 5.97 Å². The molecule has 1 aromatic carbocycles. The van der Waals surface area contributed by atoms with Crippen molar-refractivity contribution in [3.63, 3.8) is 0 Å². The molecule has 20 heavy (non-hydrogen) atoms. The van der Waals surface area contributed by atoms with E-state index in [-0.39, 0.29) is 5.89 Å². The number of benzene rings is 1. The highest BCUT2D eigenvalue weighted by atomic mass is 16.4. The van der Waals surface area contributed by atoms with Crippen molar-refractivity contribution in [2.24, 2.45) is 0 Å². The summed E-state index contributed by atoms with van der Waals surface area (Å²) in [5, 5.41) is 17.3. The van der Waals surface area contributed by atoms with Crippen molar-refractivity contribution < 1.29 is 14.3 Å². The zero-order valence-electron chi connectivity index (χ0n) is 11.2. The average Bonchev–Trinajstić information content (AvgIpc) is 3.14. The van der Waals surface area contributed by atoms with Crippen molar-refractivity contribution in [1.82, 2.24) is 10.2 Å². The molecule has 1 N–H and O–H groups in total. The van der Waals surface area contributed by atoms with Crippen LogP contribution in [0.5, 0.6) is 0 Å². The predicted molar refractivity (Wildman–Crippen MR) is 71.5 cm³/mol. The first kappa shape index (κ1) is 12.8.